The van der Waals surface area contributed by atoms with Crippen LogP contribution in [0.5, 0.6) is 5.75 Å². The maximum Gasteiger partial charge on any atom is 0.158 e. The highest BCUT2D eigenvalue weighted by Gasteiger charge is 2.27. The summed E-state index contributed by atoms with van der Waals surface area (Å²) in [6.07, 6.45) is 0.922. The lowest BCUT2D eigenvalue weighted by Crippen LogP contribution is -2.21. The van der Waals surface area contributed by atoms with E-state index in [1.165, 1.54) is 5.56 Å². The molecule has 4 nitrogen and oxygen atoms in total. The van der Waals surface area contributed by atoms with E-state index < -0.39 is 0 Å². The number of rotatable bonds is 4. The van der Waals surface area contributed by atoms with Gasteiger partial charge in [-0.25, -0.2) is 0 Å². The monoisotopic (exact) mass is 275 g/mol. The lowest BCUT2D eigenvalue weighted by Gasteiger charge is -2.06. The van der Waals surface area contributed by atoms with Gasteiger partial charge in [0.2, 0.25) is 0 Å². The van der Waals surface area contributed by atoms with E-state index in [-0.39, 0.29) is 6.10 Å². The van der Waals surface area contributed by atoms with Crippen molar-refractivity contribution in [3.8, 4) is 5.75 Å². The summed E-state index contributed by atoms with van der Waals surface area (Å²) in [7, 11) is 0. The molecule has 1 unspecified atom stereocenters. The third-order valence-electron chi connectivity index (χ3n) is 3.07. The van der Waals surface area contributed by atoms with Gasteiger partial charge < -0.3 is 10.1 Å². The van der Waals surface area contributed by atoms with Gasteiger partial charge in [-0.1, -0.05) is 43.4 Å². The molecule has 19 heavy (non-hydrogen) atoms. The highest BCUT2D eigenvalue weighted by atomic mass is 32.1. The van der Waals surface area contributed by atoms with Crippen LogP contribution in [0.15, 0.2) is 24.3 Å². The summed E-state index contributed by atoms with van der Waals surface area (Å²) in [6.45, 7) is 5.02. The first kappa shape index (κ1) is 12.6. The molecular formula is C14H17N3OS. The Bertz CT molecular complexity index is 542. The number of ether oxygens (including phenoxy) is 1. The molecule has 0 spiro atoms. The van der Waals surface area contributed by atoms with Crippen molar-refractivity contribution in [1.29, 1.82) is 0 Å². The Hall–Kier alpha value is -1.46. The van der Waals surface area contributed by atoms with E-state index in [4.69, 9.17) is 4.74 Å². The minimum absolute atomic E-state index is 0.0303. The number of hydrogen-bond acceptors (Lipinski definition) is 5. The van der Waals surface area contributed by atoms with Gasteiger partial charge in [0, 0.05) is 19.0 Å². The molecule has 1 aromatic carbocycles. The van der Waals surface area contributed by atoms with Gasteiger partial charge in [-0.2, -0.15) is 0 Å². The summed E-state index contributed by atoms with van der Waals surface area (Å²) in [4.78, 5) is 0. The van der Waals surface area contributed by atoms with Gasteiger partial charge in [-0.15, -0.1) is 10.2 Å². The smallest absolute Gasteiger partial charge is 0.158 e. The molecule has 2 heterocycles. The summed E-state index contributed by atoms with van der Waals surface area (Å²) in [5.74, 6) is 0.976. The highest BCUT2D eigenvalue weighted by Crippen LogP contribution is 2.37. The molecule has 0 radical (unpaired) electrons. The number of nitrogens with zero attached hydrogens (tertiary/aromatic N) is 2. The van der Waals surface area contributed by atoms with Crippen molar-refractivity contribution < 1.29 is 4.74 Å². The van der Waals surface area contributed by atoms with E-state index >= 15 is 0 Å². The van der Waals surface area contributed by atoms with E-state index in [0.717, 1.165) is 28.7 Å². The molecular weight excluding hydrogens is 258 g/mol. The second kappa shape index (κ2) is 5.27. The van der Waals surface area contributed by atoms with E-state index in [1.54, 1.807) is 11.3 Å². The molecule has 1 aromatic heterocycles. The van der Waals surface area contributed by atoms with Crippen molar-refractivity contribution >= 4 is 11.3 Å². The molecule has 0 saturated heterocycles. The van der Waals surface area contributed by atoms with Crippen molar-refractivity contribution in [2.24, 2.45) is 0 Å². The Morgan fingerprint density at radius 2 is 2.21 bits per heavy atom. The van der Waals surface area contributed by atoms with Gasteiger partial charge in [-0.05, 0) is 11.6 Å². The molecule has 0 bridgehead atoms. The first-order valence-electron chi connectivity index (χ1n) is 6.52. The average Bonchev–Trinajstić information content (AvgIpc) is 3.02. The van der Waals surface area contributed by atoms with Gasteiger partial charge in [0.1, 0.15) is 10.8 Å². The van der Waals surface area contributed by atoms with Crippen LogP contribution >= 0.6 is 11.3 Å². The fourth-order valence-corrected chi connectivity index (χ4v) is 2.90. The topological polar surface area (TPSA) is 47.0 Å². The number of fused-ring (bicyclic) bond motifs is 1. The quantitative estimate of drug-likeness (QED) is 0.932. The van der Waals surface area contributed by atoms with E-state index in [1.807, 2.05) is 18.2 Å². The summed E-state index contributed by atoms with van der Waals surface area (Å²) < 4.78 is 5.92. The highest BCUT2D eigenvalue weighted by molar-refractivity contribution is 7.11. The van der Waals surface area contributed by atoms with Crippen molar-refractivity contribution in [3.05, 3.63) is 39.8 Å². The van der Waals surface area contributed by atoms with Crippen LogP contribution in [-0.4, -0.2) is 16.2 Å². The molecule has 0 saturated carbocycles. The predicted molar refractivity (Wildman–Crippen MR) is 75.4 cm³/mol. The van der Waals surface area contributed by atoms with Crippen molar-refractivity contribution in [1.82, 2.24) is 15.5 Å². The standard InChI is InChI=1S/C14H17N3OS/c1-9(2)15-8-13-16-17-14(19-13)12-7-10-5-3-4-6-11(10)18-12/h3-6,9,12,15H,7-8H2,1-2H3. The lowest BCUT2D eigenvalue weighted by atomic mass is 10.1. The van der Waals surface area contributed by atoms with Crippen LogP contribution in [0.1, 0.15) is 35.5 Å². The molecule has 1 atom stereocenters. The molecule has 0 amide bonds. The fourth-order valence-electron chi connectivity index (χ4n) is 2.08. The summed E-state index contributed by atoms with van der Waals surface area (Å²) in [6, 6.07) is 8.62. The number of benzene rings is 1. The average molecular weight is 275 g/mol. The van der Waals surface area contributed by atoms with Crippen LogP contribution in [0.25, 0.3) is 0 Å². The molecule has 5 heteroatoms. The molecule has 100 valence electrons. The largest absolute Gasteiger partial charge is 0.483 e. The van der Waals surface area contributed by atoms with Crippen LogP contribution < -0.4 is 10.1 Å². The van der Waals surface area contributed by atoms with Crippen LogP contribution in [0.3, 0.4) is 0 Å². The summed E-state index contributed by atoms with van der Waals surface area (Å²) >= 11 is 1.63. The third kappa shape index (κ3) is 2.77. The van der Waals surface area contributed by atoms with Gasteiger partial charge >= 0.3 is 0 Å². The first-order chi connectivity index (χ1) is 9.22. The molecule has 2 aromatic rings. The van der Waals surface area contributed by atoms with E-state index in [2.05, 4.69) is 35.4 Å². The Morgan fingerprint density at radius 1 is 1.37 bits per heavy atom. The Labute approximate surface area is 116 Å². The Balaban J connectivity index is 1.68. The van der Waals surface area contributed by atoms with Crippen molar-refractivity contribution in [2.75, 3.05) is 0 Å². The molecule has 3 rings (SSSR count). The molecule has 1 aliphatic rings. The minimum atomic E-state index is 0.0303. The number of aromatic nitrogens is 2. The molecule has 1 N–H and O–H groups in total. The summed E-state index contributed by atoms with van der Waals surface area (Å²) in [5, 5.41) is 13.8. The maximum absolute atomic E-state index is 5.92. The zero-order valence-corrected chi connectivity index (χ0v) is 11.9. The van der Waals surface area contributed by atoms with Crippen molar-refractivity contribution in [3.63, 3.8) is 0 Å². The van der Waals surface area contributed by atoms with Crippen LogP contribution in [0, 0.1) is 0 Å². The Kier molecular flexibility index (Phi) is 3.48. The SMILES string of the molecule is CC(C)NCc1nnc(C2Cc3ccccc3O2)s1. The van der Waals surface area contributed by atoms with E-state index in [0.29, 0.717) is 6.04 Å². The number of para-hydroxylation sites is 1. The first-order valence-corrected chi connectivity index (χ1v) is 7.34. The van der Waals surface area contributed by atoms with Crippen molar-refractivity contribution in [2.45, 2.75) is 39.0 Å². The van der Waals surface area contributed by atoms with Gasteiger partial charge in [0.25, 0.3) is 0 Å². The minimum Gasteiger partial charge on any atom is -0.483 e. The van der Waals surface area contributed by atoms with Crippen LogP contribution in [-0.2, 0) is 13.0 Å². The lowest BCUT2D eigenvalue weighted by molar-refractivity contribution is 0.237. The van der Waals surface area contributed by atoms with Gasteiger partial charge in [0.05, 0.1) is 0 Å². The van der Waals surface area contributed by atoms with Gasteiger partial charge in [0.15, 0.2) is 11.1 Å². The number of nitrogens with one attached hydrogen (secondary N) is 1. The third-order valence-corrected chi connectivity index (χ3v) is 4.08. The Morgan fingerprint density at radius 3 is 3.00 bits per heavy atom. The van der Waals surface area contributed by atoms with Crippen LogP contribution in [0.2, 0.25) is 0 Å². The fraction of sp³-hybridized carbons (Fsp3) is 0.429. The predicted octanol–water partition coefficient (Wildman–Crippen LogP) is 2.71. The molecule has 0 fully saturated rings. The maximum atomic E-state index is 5.92. The second-order valence-electron chi connectivity index (χ2n) is 4.99. The number of hydrogen-bond donors (Lipinski definition) is 1. The van der Waals surface area contributed by atoms with E-state index in [9.17, 15) is 0 Å². The molecule has 1 aliphatic heterocycles. The van der Waals surface area contributed by atoms with Crippen LogP contribution in [0.4, 0.5) is 0 Å². The second-order valence-corrected chi connectivity index (χ2v) is 6.08. The normalized spacial score (nSPS) is 17.5. The molecule has 0 aliphatic carbocycles. The zero-order valence-electron chi connectivity index (χ0n) is 11.1. The zero-order chi connectivity index (χ0) is 13.2. The van der Waals surface area contributed by atoms with Gasteiger partial charge in [-0.3, -0.25) is 0 Å². The summed E-state index contributed by atoms with van der Waals surface area (Å²) in [5.41, 5.74) is 1.25.